The number of carbonyl (C=O) groups is 1. The second-order valence-electron chi connectivity index (χ2n) is 8.44. The maximum atomic E-state index is 12.0. The number of rotatable bonds is 8. The Bertz CT molecular complexity index is 812. The summed E-state index contributed by atoms with van der Waals surface area (Å²) in [6.07, 6.45) is 4.99. The molecule has 0 aliphatic carbocycles. The lowest BCUT2D eigenvalue weighted by atomic mass is 9.82. The Morgan fingerprint density at radius 1 is 1.45 bits per heavy atom. The Balaban J connectivity index is 1.54. The second-order valence-corrected chi connectivity index (χ2v) is 9.66. The molecule has 3 heterocycles. The number of aryl methyl sites for hydroxylation is 1. The number of aliphatic hydroxyl groups excluding tert-OH is 1. The Kier molecular flexibility index (Phi) is 8.21. The number of nitrogens with one attached hydrogen (secondary N) is 1. The van der Waals surface area contributed by atoms with Gasteiger partial charge in [0.05, 0.1) is 24.0 Å². The Labute approximate surface area is 188 Å². The lowest BCUT2D eigenvalue weighted by molar-refractivity contribution is -0.122. The number of carbonyl (C=O) groups excluding carboxylic acids is 1. The zero-order valence-electron chi connectivity index (χ0n) is 18.8. The first-order valence-corrected chi connectivity index (χ1v) is 11.9. The zero-order valence-corrected chi connectivity index (χ0v) is 19.6. The average molecular weight is 450 g/mol. The largest absolute Gasteiger partial charge is 0.392 e. The molecule has 2 unspecified atom stereocenters. The summed E-state index contributed by atoms with van der Waals surface area (Å²) in [5.74, 6) is 5.35. The van der Waals surface area contributed by atoms with Crippen LogP contribution in [0.4, 0.5) is 0 Å². The van der Waals surface area contributed by atoms with Crippen molar-refractivity contribution in [2.75, 3.05) is 32.8 Å². The van der Waals surface area contributed by atoms with Gasteiger partial charge in [-0.2, -0.15) is 5.10 Å². The van der Waals surface area contributed by atoms with Gasteiger partial charge in [-0.05, 0) is 44.7 Å². The van der Waals surface area contributed by atoms with Crippen molar-refractivity contribution < 1.29 is 14.6 Å². The van der Waals surface area contributed by atoms with Crippen LogP contribution in [0.1, 0.15) is 48.9 Å². The molecule has 1 aromatic rings. The van der Waals surface area contributed by atoms with Gasteiger partial charge in [-0.3, -0.25) is 14.7 Å². The van der Waals surface area contributed by atoms with Gasteiger partial charge in [0.1, 0.15) is 6.04 Å². The number of ether oxygens (including phenoxy) is 1. The van der Waals surface area contributed by atoms with Crippen molar-refractivity contribution in [1.29, 1.82) is 0 Å². The highest BCUT2D eigenvalue weighted by molar-refractivity contribution is 7.12. The highest BCUT2D eigenvalue weighted by atomic mass is 32.1. The first-order chi connectivity index (χ1) is 14.9. The Hall–Kier alpha value is -1.81. The van der Waals surface area contributed by atoms with E-state index in [9.17, 15) is 9.90 Å². The van der Waals surface area contributed by atoms with E-state index in [4.69, 9.17) is 10.6 Å². The van der Waals surface area contributed by atoms with Crippen molar-refractivity contribution >= 4 is 29.2 Å². The van der Waals surface area contributed by atoms with Gasteiger partial charge in [-0.1, -0.05) is 6.92 Å². The molecule has 0 radical (unpaired) electrons. The normalized spacial score (nSPS) is 21.2. The molecule has 8 nitrogen and oxygen atoms in total. The van der Waals surface area contributed by atoms with Gasteiger partial charge in [0.25, 0.3) is 0 Å². The topological polar surface area (TPSA) is 113 Å². The standard InChI is InChI=1S/C22H35N5O3S/c1-4-18-11-19-20(31-18)5-10-30-22(19)6-8-27(9-7-22)14-17(26-23)13-24-16(3)21(29)25-12-15(2)28/h11,13,15-16,28H,4-10,12,14,23H2,1-3H3,(H,25,29). The molecule has 2 atom stereocenters. The van der Waals surface area contributed by atoms with Crippen molar-refractivity contribution in [3.05, 3.63) is 21.4 Å². The molecular weight excluding hydrogens is 414 g/mol. The van der Waals surface area contributed by atoms with Crippen LogP contribution in [0.2, 0.25) is 0 Å². The molecule has 1 saturated heterocycles. The summed E-state index contributed by atoms with van der Waals surface area (Å²) in [5, 5.41) is 15.8. The Morgan fingerprint density at radius 2 is 2.19 bits per heavy atom. The first-order valence-electron chi connectivity index (χ1n) is 11.1. The monoisotopic (exact) mass is 449 g/mol. The van der Waals surface area contributed by atoms with Crippen LogP contribution in [0.3, 0.4) is 0 Å². The van der Waals surface area contributed by atoms with E-state index in [1.807, 2.05) is 11.3 Å². The van der Waals surface area contributed by atoms with Gasteiger partial charge in [-0.15, -0.1) is 11.3 Å². The summed E-state index contributed by atoms with van der Waals surface area (Å²) in [7, 11) is 0. The number of hydrogen-bond donors (Lipinski definition) is 3. The molecule has 172 valence electrons. The van der Waals surface area contributed by atoms with Crippen LogP contribution in [0.25, 0.3) is 0 Å². The number of hydrogen-bond acceptors (Lipinski definition) is 8. The summed E-state index contributed by atoms with van der Waals surface area (Å²) in [4.78, 5) is 21.5. The SMILES string of the molecule is CCc1cc2c(s1)CCOC21CCN(CC(C=NC(C)C(=O)NCC(C)O)=NN)CC1. The maximum absolute atomic E-state index is 12.0. The fraction of sp³-hybridized carbons (Fsp3) is 0.682. The van der Waals surface area contributed by atoms with Crippen LogP contribution < -0.4 is 11.2 Å². The lowest BCUT2D eigenvalue weighted by Gasteiger charge is -2.44. The molecule has 1 aromatic heterocycles. The van der Waals surface area contributed by atoms with E-state index in [2.05, 4.69) is 33.3 Å². The number of amides is 1. The van der Waals surface area contributed by atoms with E-state index in [0.717, 1.165) is 45.4 Å². The first kappa shape index (κ1) is 23.8. The van der Waals surface area contributed by atoms with E-state index < -0.39 is 12.1 Å². The molecule has 0 saturated carbocycles. The van der Waals surface area contributed by atoms with Gasteiger partial charge < -0.3 is 21.0 Å². The molecule has 0 bridgehead atoms. The van der Waals surface area contributed by atoms with E-state index >= 15 is 0 Å². The smallest absolute Gasteiger partial charge is 0.244 e. The van der Waals surface area contributed by atoms with Crippen LogP contribution in [-0.4, -0.2) is 72.8 Å². The second kappa shape index (κ2) is 10.7. The summed E-state index contributed by atoms with van der Waals surface area (Å²) in [6, 6.07) is 1.79. The number of piperidine rings is 1. The van der Waals surface area contributed by atoms with Crippen molar-refractivity contribution in [3.63, 3.8) is 0 Å². The third-order valence-electron chi connectivity index (χ3n) is 6.02. The van der Waals surface area contributed by atoms with E-state index in [-0.39, 0.29) is 18.1 Å². The minimum Gasteiger partial charge on any atom is -0.392 e. The lowest BCUT2D eigenvalue weighted by Crippen LogP contribution is -2.47. The quantitative estimate of drug-likeness (QED) is 0.316. The number of hydrazone groups is 1. The van der Waals surface area contributed by atoms with Crippen molar-refractivity contribution in [2.24, 2.45) is 15.9 Å². The molecule has 4 N–H and O–H groups in total. The number of nitrogens with two attached hydrogens (primary N) is 1. The third kappa shape index (κ3) is 5.91. The fourth-order valence-corrected chi connectivity index (χ4v) is 5.32. The Morgan fingerprint density at radius 3 is 2.84 bits per heavy atom. The van der Waals surface area contributed by atoms with E-state index in [1.54, 1.807) is 20.1 Å². The molecule has 0 aromatic carbocycles. The van der Waals surface area contributed by atoms with Crippen LogP contribution in [-0.2, 0) is 28.0 Å². The van der Waals surface area contributed by atoms with Gasteiger partial charge in [0, 0.05) is 48.6 Å². The average Bonchev–Trinajstić information content (AvgIpc) is 3.21. The highest BCUT2D eigenvalue weighted by Gasteiger charge is 2.41. The summed E-state index contributed by atoms with van der Waals surface area (Å²) in [6.45, 7) is 8.93. The molecule has 9 heteroatoms. The minimum atomic E-state index is -0.587. The molecular formula is C22H35N5O3S. The number of fused-ring (bicyclic) bond motifs is 2. The van der Waals surface area contributed by atoms with Crippen LogP contribution in [0.5, 0.6) is 0 Å². The molecule has 31 heavy (non-hydrogen) atoms. The summed E-state index contributed by atoms with van der Waals surface area (Å²) >= 11 is 1.94. The van der Waals surface area contributed by atoms with Crippen LogP contribution >= 0.6 is 11.3 Å². The van der Waals surface area contributed by atoms with E-state index in [0.29, 0.717) is 12.3 Å². The number of nitrogens with zero attached hydrogens (tertiary/aromatic N) is 3. The molecule has 1 spiro atoms. The summed E-state index contributed by atoms with van der Waals surface area (Å²) < 4.78 is 6.35. The van der Waals surface area contributed by atoms with Crippen LogP contribution in [0.15, 0.2) is 16.2 Å². The van der Waals surface area contributed by atoms with Crippen LogP contribution in [0, 0.1) is 0 Å². The number of likely N-dealkylation sites (tertiary alicyclic amines) is 1. The molecule has 2 aliphatic rings. The molecule has 1 fully saturated rings. The van der Waals surface area contributed by atoms with Crippen molar-refractivity contribution in [3.8, 4) is 0 Å². The van der Waals surface area contributed by atoms with Crippen molar-refractivity contribution in [1.82, 2.24) is 10.2 Å². The zero-order chi connectivity index (χ0) is 22.4. The number of aliphatic imine (C=N–C) groups is 1. The van der Waals surface area contributed by atoms with Gasteiger partial charge in [0.2, 0.25) is 5.91 Å². The number of thiophene rings is 1. The van der Waals surface area contributed by atoms with Gasteiger partial charge in [0.15, 0.2) is 0 Å². The van der Waals surface area contributed by atoms with Gasteiger partial charge in [-0.25, -0.2) is 0 Å². The maximum Gasteiger partial charge on any atom is 0.244 e. The highest BCUT2D eigenvalue weighted by Crippen LogP contribution is 2.44. The molecule has 3 rings (SSSR count). The molecule has 1 amide bonds. The fourth-order valence-electron chi connectivity index (χ4n) is 4.14. The predicted octanol–water partition coefficient (Wildman–Crippen LogP) is 1.45. The number of aliphatic hydroxyl groups is 1. The van der Waals surface area contributed by atoms with Gasteiger partial charge >= 0.3 is 0 Å². The molecule has 2 aliphatic heterocycles. The summed E-state index contributed by atoms with van der Waals surface area (Å²) in [5.41, 5.74) is 1.89. The van der Waals surface area contributed by atoms with Crippen molar-refractivity contribution in [2.45, 2.75) is 64.2 Å². The third-order valence-corrected chi connectivity index (χ3v) is 7.36. The van der Waals surface area contributed by atoms with E-state index in [1.165, 1.54) is 15.3 Å². The minimum absolute atomic E-state index is 0.154. The predicted molar refractivity (Wildman–Crippen MR) is 125 cm³/mol.